The molecule has 1 heteroatoms. The Kier molecular flexibility index (Phi) is 6.32. The quantitative estimate of drug-likeness (QED) is 0.481. The highest BCUT2D eigenvalue weighted by Gasteiger charge is 2.24. The summed E-state index contributed by atoms with van der Waals surface area (Å²) in [5, 5.41) is 0. The Balaban J connectivity index is 2.72. The minimum atomic E-state index is 0.112. The van der Waals surface area contributed by atoms with Gasteiger partial charge >= 0.3 is 0 Å². The molecule has 0 unspecified atom stereocenters. The van der Waals surface area contributed by atoms with Crippen molar-refractivity contribution in [3.63, 3.8) is 0 Å². The number of benzene rings is 2. The number of nitrogens with zero attached hydrogens (tertiary/aromatic N) is 1. The van der Waals surface area contributed by atoms with Crippen molar-refractivity contribution >= 4 is 11.4 Å². The van der Waals surface area contributed by atoms with E-state index in [0.717, 1.165) is 0 Å². The van der Waals surface area contributed by atoms with Crippen LogP contribution in [0.15, 0.2) is 36.4 Å². The van der Waals surface area contributed by atoms with Crippen LogP contribution in [0.4, 0.5) is 11.4 Å². The summed E-state index contributed by atoms with van der Waals surface area (Å²) in [5.74, 6) is 0. The summed E-state index contributed by atoms with van der Waals surface area (Å²) in [5.41, 5.74) is 8.53. The Morgan fingerprint density at radius 3 is 0.767 bits per heavy atom. The lowest BCUT2D eigenvalue weighted by Crippen LogP contribution is -2.21. The van der Waals surface area contributed by atoms with E-state index < -0.39 is 0 Å². The van der Waals surface area contributed by atoms with Crippen LogP contribution in [-0.2, 0) is 21.7 Å². The van der Waals surface area contributed by atoms with Crippen LogP contribution in [-0.4, -0.2) is 7.05 Å². The zero-order valence-electron chi connectivity index (χ0n) is 21.9. The smallest absolute Gasteiger partial charge is 0.0414 e. The van der Waals surface area contributed by atoms with Crippen LogP contribution in [0.25, 0.3) is 0 Å². The molecule has 0 aliphatic heterocycles. The summed E-state index contributed by atoms with van der Waals surface area (Å²) in [6.07, 6.45) is 0. The molecule has 0 saturated heterocycles. The number of hydrogen-bond donors (Lipinski definition) is 0. The predicted molar refractivity (Wildman–Crippen MR) is 136 cm³/mol. The van der Waals surface area contributed by atoms with E-state index in [2.05, 4.69) is 131 Å². The van der Waals surface area contributed by atoms with Gasteiger partial charge in [0.05, 0.1) is 0 Å². The van der Waals surface area contributed by atoms with Gasteiger partial charge in [0.15, 0.2) is 0 Å². The van der Waals surface area contributed by atoms with E-state index in [1.807, 2.05) is 0 Å². The van der Waals surface area contributed by atoms with Gasteiger partial charge in [-0.15, -0.1) is 0 Å². The first-order chi connectivity index (χ1) is 13.3. The SMILES string of the molecule is CN(c1cc(C(C)(C)C)cc(C(C)(C)C)c1)c1cc(C(C)(C)C)cc(C(C)(C)C)c1. The minimum Gasteiger partial charge on any atom is -0.345 e. The summed E-state index contributed by atoms with van der Waals surface area (Å²) in [6.45, 7) is 27.6. The van der Waals surface area contributed by atoms with E-state index in [-0.39, 0.29) is 21.7 Å². The molecule has 0 atom stereocenters. The third kappa shape index (κ3) is 5.68. The van der Waals surface area contributed by atoms with Gasteiger partial charge in [-0.1, -0.05) is 95.2 Å². The third-order valence-electron chi connectivity index (χ3n) is 6.07. The molecule has 0 bridgehead atoms. The second-order valence-electron chi connectivity index (χ2n) is 13.1. The maximum absolute atomic E-state index is 2.39. The summed E-state index contributed by atoms with van der Waals surface area (Å²) >= 11 is 0. The molecule has 0 heterocycles. The van der Waals surface area contributed by atoms with Crippen molar-refractivity contribution in [3.8, 4) is 0 Å². The van der Waals surface area contributed by atoms with Crippen LogP contribution in [0.2, 0.25) is 0 Å². The Bertz CT molecular complexity index is 750. The molecule has 0 radical (unpaired) electrons. The highest BCUT2D eigenvalue weighted by Crippen LogP contribution is 2.38. The van der Waals surface area contributed by atoms with Crippen LogP contribution >= 0.6 is 0 Å². The van der Waals surface area contributed by atoms with E-state index in [9.17, 15) is 0 Å². The lowest BCUT2D eigenvalue weighted by molar-refractivity contribution is 0.568. The number of hydrogen-bond acceptors (Lipinski definition) is 1. The molecule has 0 saturated carbocycles. The van der Waals surface area contributed by atoms with Crippen LogP contribution in [0.5, 0.6) is 0 Å². The molecule has 0 spiro atoms. The molecule has 2 rings (SSSR count). The normalized spacial score (nSPS) is 13.5. The Morgan fingerprint density at radius 2 is 0.600 bits per heavy atom. The number of rotatable bonds is 2. The average molecular weight is 408 g/mol. The zero-order valence-corrected chi connectivity index (χ0v) is 21.9. The molecule has 0 aromatic heterocycles. The van der Waals surface area contributed by atoms with Crippen molar-refractivity contribution in [3.05, 3.63) is 58.7 Å². The van der Waals surface area contributed by atoms with E-state index in [1.165, 1.54) is 33.6 Å². The van der Waals surface area contributed by atoms with Gasteiger partial charge in [0.2, 0.25) is 0 Å². The van der Waals surface area contributed by atoms with Gasteiger partial charge in [0.1, 0.15) is 0 Å². The molecule has 0 aliphatic carbocycles. The molecule has 0 N–H and O–H groups in total. The fourth-order valence-electron chi connectivity index (χ4n) is 3.49. The number of anilines is 2. The van der Waals surface area contributed by atoms with Crippen LogP contribution < -0.4 is 4.90 Å². The first-order valence-electron chi connectivity index (χ1n) is 11.4. The van der Waals surface area contributed by atoms with Crippen LogP contribution in [0, 0.1) is 0 Å². The molecule has 0 fully saturated rings. The molecule has 2 aromatic carbocycles. The molecule has 2 aromatic rings. The Hall–Kier alpha value is -1.76. The highest BCUT2D eigenvalue weighted by atomic mass is 15.1. The van der Waals surface area contributed by atoms with Crippen molar-refractivity contribution in [2.45, 2.75) is 105 Å². The maximum Gasteiger partial charge on any atom is 0.0414 e. The topological polar surface area (TPSA) is 3.24 Å². The van der Waals surface area contributed by atoms with Crippen molar-refractivity contribution in [1.29, 1.82) is 0 Å². The van der Waals surface area contributed by atoms with Crippen molar-refractivity contribution in [1.82, 2.24) is 0 Å². The van der Waals surface area contributed by atoms with E-state index in [0.29, 0.717) is 0 Å². The van der Waals surface area contributed by atoms with Gasteiger partial charge in [-0.05, 0) is 68.2 Å². The average Bonchev–Trinajstić information content (AvgIpc) is 2.57. The van der Waals surface area contributed by atoms with Crippen molar-refractivity contribution < 1.29 is 0 Å². The van der Waals surface area contributed by atoms with Crippen LogP contribution in [0.3, 0.4) is 0 Å². The zero-order chi connectivity index (χ0) is 23.3. The fourth-order valence-corrected chi connectivity index (χ4v) is 3.49. The first-order valence-corrected chi connectivity index (χ1v) is 11.4. The van der Waals surface area contributed by atoms with Gasteiger partial charge in [0, 0.05) is 18.4 Å². The van der Waals surface area contributed by atoms with Crippen molar-refractivity contribution in [2.75, 3.05) is 11.9 Å². The molecule has 1 nitrogen and oxygen atoms in total. The first kappa shape index (κ1) is 24.5. The molecule has 166 valence electrons. The van der Waals surface area contributed by atoms with Gasteiger partial charge in [-0.2, -0.15) is 0 Å². The largest absolute Gasteiger partial charge is 0.345 e. The lowest BCUT2D eigenvalue weighted by atomic mass is 9.79. The Morgan fingerprint density at radius 1 is 0.400 bits per heavy atom. The van der Waals surface area contributed by atoms with E-state index >= 15 is 0 Å². The second kappa shape index (κ2) is 7.74. The molecular formula is C29H45N. The van der Waals surface area contributed by atoms with Gasteiger partial charge in [-0.25, -0.2) is 0 Å². The van der Waals surface area contributed by atoms with Crippen LogP contribution in [0.1, 0.15) is 105 Å². The monoisotopic (exact) mass is 407 g/mol. The third-order valence-corrected chi connectivity index (χ3v) is 6.07. The van der Waals surface area contributed by atoms with Gasteiger partial charge in [0.25, 0.3) is 0 Å². The highest BCUT2D eigenvalue weighted by molar-refractivity contribution is 5.67. The van der Waals surface area contributed by atoms with Gasteiger partial charge in [-0.3, -0.25) is 0 Å². The van der Waals surface area contributed by atoms with E-state index in [4.69, 9.17) is 0 Å². The second-order valence-corrected chi connectivity index (χ2v) is 13.1. The summed E-state index contributed by atoms with van der Waals surface area (Å²) in [4.78, 5) is 2.37. The Labute approximate surface area is 186 Å². The maximum atomic E-state index is 2.39. The lowest BCUT2D eigenvalue weighted by Gasteiger charge is -2.31. The molecule has 30 heavy (non-hydrogen) atoms. The molecule has 0 amide bonds. The fraction of sp³-hybridized carbons (Fsp3) is 0.586. The minimum absolute atomic E-state index is 0.112. The summed E-state index contributed by atoms with van der Waals surface area (Å²) < 4.78 is 0. The standard InChI is InChI=1S/C29H45N/c1-26(2,3)20-14-21(27(4,5)6)17-24(16-20)30(13)25-18-22(28(7,8)9)15-23(19-25)29(10,11)12/h14-19H,1-13H3. The molecular weight excluding hydrogens is 362 g/mol. The summed E-state index contributed by atoms with van der Waals surface area (Å²) in [6, 6.07) is 14.3. The molecule has 0 aliphatic rings. The van der Waals surface area contributed by atoms with Crippen molar-refractivity contribution in [2.24, 2.45) is 0 Å². The summed E-state index contributed by atoms with van der Waals surface area (Å²) in [7, 11) is 2.21. The van der Waals surface area contributed by atoms with Gasteiger partial charge < -0.3 is 4.90 Å². The van der Waals surface area contributed by atoms with E-state index in [1.54, 1.807) is 0 Å². The predicted octanol–water partition coefficient (Wildman–Crippen LogP) is 8.64.